The molecule has 0 aromatic heterocycles. The highest BCUT2D eigenvalue weighted by atomic mass is 32.2. The number of likely N-dealkylation sites (tertiary alicyclic amines) is 1. The van der Waals surface area contributed by atoms with Gasteiger partial charge in [-0.3, -0.25) is 9.62 Å². The molecule has 0 radical (unpaired) electrons. The molecule has 1 saturated carbocycles. The number of anilines is 1. The minimum Gasteiger partial charge on any atom is -0.457 e. The van der Waals surface area contributed by atoms with Crippen LogP contribution in [0.2, 0.25) is 0 Å². The second-order valence-corrected chi connectivity index (χ2v) is 12.2. The predicted octanol–water partition coefficient (Wildman–Crippen LogP) is 6.43. The lowest BCUT2D eigenvalue weighted by molar-refractivity contribution is 0.150. The Labute approximate surface area is 222 Å². The Hall–Kier alpha value is -2.58. The lowest BCUT2D eigenvalue weighted by Crippen LogP contribution is -2.36. The minimum absolute atomic E-state index is 0.513. The van der Waals surface area contributed by atoms with Crippen LogP contribution in [0.25, 0.3) is 0 Å². The van der Waals surface area contributed by atoms with Crippen molar-refractivity contribution in [2.24, 2.45) is 17.0 Å². The van der Waals surface area contributed by atoms with E-state index in [9.17, 15) is 8.42 Å². The van der Waals surface area contributed by atoms with Crippen molar-refractivity contribution in [2.75, 3.05) is 30.7 Å². The Bertz CT molecular complexity index is 1100. The fourth-order valence-electron chi connectivity index (χ4n) is 5.40. The average Bonchev–Trinajstić information content (AvgIpc) is 2.89. The summed E-state index contributed by atoms with van der Waals surface area (Å²) in [4.78, 5) is 8.05. The van der Waals surface area contributed by atoms with Crippen molar-refractivity contribution in [2.45, 2.75) is 64.8 Å². The summed E-state index contributed by atoms with van der Waals surface area (Å²) >= 11 is 0. The lowest BCUT2D eigenvalue weighted by atomic mass is 9.81. The third-order valence-corrected chi connectivity index (χ3v) is 7.92. The molecule has 0 amide bonds. The molecule has 1 aliphatic carbocycles. The van der Waals surface area contributed by atoms with Gasteiger partial charge in [-0.1, -0.05) is 49.4 Å². The maximum Gasteiger partial charge on any atom is 0.229 e. The van der Waals surface area contributed by atoms with Gasteiger partial charge in [0.25, 0.3) is 0 Å². The topological polar surface area (TPSA) is 80.2 Å². The molecule has 1 N–H and O–H groups in total. The SMILES string of the molecule is CCO/N=C(/CC1CCCCC1)C1CCN(Cc2ccc(Oc3ccc(NS(C)(=O)=O)cc3)cc2)CC1. The van der Waals surface area contributed by atoms with Gasteiger partial charge < -0.3 is 9.57 Å². The Morgan fingerprint density at radius 1 is 0.946 bits per heavy atom. The third kappa shape index (κ3) is 9.04. The highest BCUT2D eigenvalue weighted by Gasteiger charge is 2.26. The average molecular weight is 528 g/mol. The van der Waals surface area contributed by atoms with Crippen LogP contribution < -0.4 is 9.46 Å². The van der Waals surface area contributed by atoms with Gasteiger partial charge in [0, 0.05) is 18.2 Å². The van der Waals surface area contributed by atoms with Gasteiger partial charge in [-0.2, -0.15) is 0 Å². The van der Waals surface area contributed by atoms with Gasteiger partial charge in [0.15, 0.2) is 0 Å². The van der Waals surface area contributed by atoms with Crippen LogP contribution in [-0.4, -0.2) is 45.0 Å². The summed E-state index contributed by atoms with van der Waals surface area (Å²) in [5.74, 6) is 2.74. The van der Waals surface area contributed by atoms with Gasteiger partial charge in [0.05, 0.1) is 12.0 Å². The molecule has 4 rings (SSSR count). The van der Waals surface area contributed by atoms with Crippen molar-refractivity contribution in [1.29, 1.82) is 0 Å². The van der Waals surface area contributed by atoms with Crippen molar-refractivity contribution in [3.05, 3.63) is 54.1 Å². The molecule has 202 valence electrons. The molecular formula is C29H41N3O4S. The number of hydrogen-bond donors (Lipinski definition) is 1. The molecule has 0 atom stereocenters. The lowest BCUT2D eigenvalue weighted by Gasteiger charge is -2.33. The van der Waals surface area contributed by atoms with E-state index in [1.165, 1.54) is 43.4 Å². The molecule has 2 aromatic rings. The molecule has 2 fully saturated rings. The van der Waals surface area contributed by atoms with Crippen LogP contribution in [0.15, 0.2) is 53.7 Å². The summed E-state index contributed by atoms with van der Waals surface area (Å²) < 4.78 is 31.1. The van der Waals surface area contributed by atoms with E-state index in [0.29, 0.717) is 24.0 Å². The molecule has 1 aliphatic heterocycles. The zero-order chi connectivity index (χ0) is 26.1. The molecule has 8 heteroatoms. The Morgan fingerprint density at radius 2 is 1.57 bits per heavy atom. The molecule has 37 heavy (non-hydrogen) atoms. The number of nitrogens with zero attached hydrogens (tertiary/aromatic N) is 2. The Balaban J connectivity index is 1.25. The van der Waals surface area contributed by atoms with Crippen LogP contribution >= 0.6 is 0 Å². The molecule has 0 bridgehead atoms. The molecule has 2 aromatic carbocycles. The predicted molar refractivity (Wildman–Crippen MR) is 150 cm³/mol. The van der Waals surface area contributed by atoms with E-state index in [4.69, 9.17) is 9.57 Å². The molecule has 0 spiro atoms. The first-order valence-electron chi connectivity index (χ1n) is 13.6. The molecule has 0 unspecified atom stereocenters. The zero-order valence-corrected chi connectivity index (χ0v) is 23.0. The standard InChI is InChI=1S/C29H41N3O4S/c1-3-35-30-29(21-23-7-5-4-6-8-23)25-17-19-32(20-18-25)22-24-9-13-27(14-10-24)36-28-15-11-26(12-16-28)31-37(2,33)34/h9-16,23,25,31H,3-8,17-22H2,1-2H3/b30-29-. The summed E-state index contributed by atoms with van der Waals surface area (Å²) in [6.07, 6.45) is 11.3. The number of nitrogens with one attached hydrogen (secondary N) is 1. The van der Waals surface area contributed by atoms with E-state index >= 15 is 0 Å². The summed E-state index contributed by atoms with van der Waals surface area (Å²) in [5.41, 5.74) is 3.08. The van der Waals surface area contributed by atoms with Gasteiger partial charge >= 0.3 is 0 Å². The summed E-state index contributed by atoms with van der Waals surface area (Å²) in [5, 5.41) is 4.59. The maximum absolute atomic E-state index is 11.4. The fraction of sp³-hybridized carbons (Fsp3) is 0.552. The van der Waals surface area contributed by atoms with Gasteiger partial charge in [-0.05, 0) is 87.2 Å². The Morgan fingerprint density at radius 3 is 2.16 bits per heavy atom. The number of sulfonamides is 1. The van der Waals surface area contributed by atoms with E-state index in [2.05, 4.69) is 26.9 Å². The van der Waals surface area contributed by atoms with Gasteiger partial charge in [0.1, 0.15) is 18.1 Å². The molecular weight excluding hydrogens is 486 g/mol. The highest BCUT2D eigenvalue weighted by molar-refractivity contribution is 7.92. The largest absolute Gasteiger partial charge is 0.457 e. The number of ether oxygens (including phenoxy) is 1. The first-order valence-corrected chi connectivity index (χ1v) is 15.5. The first-order chi connectivity index (χ1) is 17.9. The fourth-order valence-corrected chi connectivity index (χ4v) is 5.96. The van der Waals surface area contributed by atoms with E-state index in [1.807, 2.05) is 19.1 Å². The van der Waals surface area contributed by atoms with E-state index < -0.39 is 10.0 Å². The van der Waals surface area contributed by atoms with Crippen LogP contribution in [-0.2, 0) is 21.4 Å². The zero-order valence-electron chi connectivity index (χ0n) is 22.2. The monoisotopic (exact) mass is 527 g/mol. The van der Waals surface area contributed by atoms with Crippen LogP contribution in [0.5, 0.6) is 11.5 Å². The normalized spacial score (nSPS) is 18.5. The smallest absolute Gasteiger partial charge is 0.229 e. The van der Waals surface area contributed by atoms with Crippen LogP contribution in [0.3, 0.4) is 0 Å². The van der Waals surface area contributed by atoms with Crippen molar-refractivity contribution in [3.8, 4) is 11.5 Å². The van der Waals surface area contributed by atoms with Gasteiger partial charge in [-0.15, -0.1) is 0 Å². The number of oxime groups is 1. The second kappa shape index (κ2) is 13.3. The van der Waals surface area contributed by atoms with Gasteiger partial charge in [0.2, 0.25) is 10.0 Å². The number of rotatable bonds is 11. The van der Waals surface area contributed by atoms with Crippen molar-refractivity contribution in [3.63, 3.8) is 0 Å². The van der Waals surface area contributed by atoms with Crippen molar-refractivity contribution >= 4 is 21.4 Å². The van der Waals surface area contributed by atoms with Crippen molar-refractivity contribution < 1.29 is 18.0 Å². The number of piperidine rings is 1. The molecule has 1 heterocycles. The van der Waals surface area contributed by atoms with E-state index in [1.54, 1.807) is 24.3 Å². The van der Waals surface area contributed by atoms with Gasteiger partial charge in [-0.25, -0.2) is 8.42 Å². The van der Waals surface area contributed by atoms with Crippen LogP contribution in [0, 0.1) is 11.8 Å². The molecule has 7 nitrogen and oxygen atoms in total. The number of benzene rings is 2. The van der Waals surface area contributed by atoms with Crippen LogP contribution in [0.4, 0.5) is 5.69 Å². The maximum atomic E-state index is 11.4. The van der Waals surface area contributed by atoms with Crippen molar-refractivity contribution in [1.82, 2.24) is 4.90 Å². The van der Waals surface area contributed by atoms with E-state index in [-0.39, 0.29) is 0 Å². The highest BCUT2D eigenvalue weighted by Crippen LogP contribution is 2.31. The van der Waals surface area contributed by atoms with E-state index in [0.717, 1.165) is 56.8 Å². The second-order valence-electron chi connectivity index (χ2n) is 10.4. The quantitative estimate of drug-likeness (QED) is 0.269. The Kier molecular flexibility index (Phi) is 9.86. The summed E-state index contributed by atoms with van der Waals surface area (Å²) in [6.45, 7) is 5.73. The number of hydrogen-bond acceptors (Lipinski definition) is 6. The van der Waals surface area contributed by atoms with Crippen LogP contribution in [0.1, 0.15) is 63.9 Å². The summed E-state index contributed by atoms with van der Waals surface area (Å²) in [7, 11) is -3.29. The minimum atomic E-state index is -3.29. The summed E-state index contributed by atoms with van der Waals surface area (Å²) in [6, 6.07) is 15.1. The molecule has 2 aliphatic rings. The molecule has 1 saturated heterocycles. The first kappa shape index (κ1) is 27.5. The third-order valence-electron chi connectivity index (χ3n) is 7.32.